The molecule has 1 saturated heterocycles. The molecule has 4 rings (SSSR count). The summed E-state index contributed by atoms with van der Waals surface area (Å²) in [7, 11) is 0. The Kier molecular flexibility index (Phi) is 7.76. The maximum Gasteiger partial charge on any atom is 0.573 e. The minimum atomic E-state index is -4.98. The first kappa shape index (κ1) is 25.1. The van der Waals surface area contributed by atoms with Gasteiger partial charge < -0.3 is 20.1 Å². The highest BCUT2D eigenvalue weighted by Gasteiger charge is 2.32. The lowest BCUT2D eigenvalue weighted by Gasteiger charge is -2.26. The van der Waals surface area contributed by atoms with Crippen molar-refractivity contribution in [3.8, 4) is 17.0 Å². The van der Waals surface area contributed by atoms with Crippen LogP contribution in [0.1, 0.15) is 10.4 Å². The van der Waals surface area contributed by atoms with Crippen molar-refractivity contribution < 1.29 is 32.2 Å². The van der Waals surface area contributed by atoms with E-state index in [2.05, 4.69) is 25.6 Å². The molecule has 0 saturated carbocycles. The van der Waals surface area contributed by atoms with Crippen LogP contribution in [0.15, 0.2) is 60.7 Å². The van der Waals surface area contributed by atoms with Crippen LogP contribution in [0, 0.1) is 0 Å². The lowest BCUT2D eigenvalue weighted by molar-refractivity contribution is -0.274. The Morgan fingerprint density at radius 1 is 0.972 bits per heavy atom. The number of rotatable bonds is 7. The number of ether oxygens (including phenoxy) is 2. The SMILES string of the molecule is O=C(CN1CCOCC1)Nc1cc(C(=O)Nc2ccc(-c3ccccc3)nn2)ccc1OC(F)(F)F. The van der Waals surface area contributed by atoms with Crippen molar-refractivity contribution in [3.63, 3.8) is 0 Å². The fraction of sp³-hybridized carbons (Fsp3) is 0.250. The van der Waals surface area contributed by atoms with E-state index in [1.54, 1.807) is 17.0 Å². The molecular formula is C24H22F3N5O4. The van der Waals surface area contributed by atoms with Crippen LogP contribution in [0.4, 0.5) is 24.7 Å². The third-order valence-corrected chi connectivity index (χ3v) is 5.19. The smallest absolute Gasteiger partial charge is 0.404 e. The number of aromatic nitrogens is 2. The second-order valence-corrected chi connectivity index (χ2v) is 7.82. The zero-order valence-electron chi connectivity index (χ0n) is 18.9. The lowest BCUT2D eigenvalue weighted by Crippen LogP contribution is -2.41. The first-order valence-electron chi connectivity index (χ1n) is 11.0. The number of hydrogen-bond acceptors (Lipinski definition) is 7. The van der Waals surface area contributed by atoms with Gasteiger partial charge in [0, 0.05) is 24.2 Å². The number of nitrogens with zero attached hydrogens (tertiary/aromatic N) is 3. The number of amides is 2. The topological polar surface area (TPSA) is 106 Å². The van der Waals surface area contributed by atoms with Crippen LogP contribution in [0.5, 0.6) is 5.75 Å². The number of benzene rings is 2. The minimum absolute atomic E-state index is 0.0138. The van der Waals surface area contributed by atoms with E-state index in [1.165, 1.54) is 0 Å². The highest BCUT2D eigenvalue weighted by atomic mass is 19.4. The van der Waals surface area contributed by atoms with E-state index in [9.17, 15) is 22.8 Å². The van der Waals surface area contributed by atoms with Crippen molar-refractivity contribution in [3.05, 3.63) is 66.2 Å². The Morgan fingerprint density at radius 3 is 2.39 bits per heavy atom. The average Bonchev–Trinajstić information content (AvgIpc) is 2.86. The Labute approximate surface area is 204 Å². The van der Waals surface area contributed by atoms with E-state index in [0.717, 1.165) is 23.8 Å². The van der Waals surface area contributed by atoms with Crippen LogP contribution >= 0.6 is 0 Å². The number of alkyl halides is 3. The summed E-state index contributed by atoms with van der Waals surface area (Å²) in [5.74, 6) is -1.70. The van der Waals surface area contributed by atoms with E-state index in [1.807, 2.05) is 30.3 Å². The van der Waals surface area contributed by atoms with Gasteiger partial charge in [-0.3, -0.25) is 14.5 Å². The summed E-state index contributed by atoms with van der Waals surface area (Å²) in [6.07, 6.45) is -4.98. The monoisotopic (exact) mass is 501 g/mol. The van der Waals surface area contributed by atoms with E-state index in [0.29, 0.717) is 32.0 Å². The van der Waals surface area contributed by atoms with Crippen LogP contribution in [-0.2, 0) is 9.53 Å². The van der Waals surface area contributed by atoms with Gasteiger partial charge in [0.1, 0.15) is 0 Å². The van der Waals surface area contributed by atoms with E-state index >= 15 is 0 Å². The summed E-state index contributed by atoms with van der Waals surface area (Å²) in [6, 6.07) is 15.8. The summed E-state index contributed by atoms with van der Waals surface area (Å²) in [5, 5.41) is 13.0. The summed E-state index contributed by atoms with van der Waals surface area (Å²) < 4.78 is 47.9. The molecule has 1 aliphatic heterocycles. The predicted molar refractivity (Wildman–Crippen MR) is 124 cm³/mol. The molecule has 0 aliphatic carbocycles. The molecule has 2 N–H and O–H groups in total. The van der Waals surface area contributed by atoms with Gasteiger partial charge in [0.25, 0.3) is 5.91 Å². The molecule has 12 heteroatoms. The second kappa shape index (κ2) is 11.1. The molecule has 1 aromatic heterocycles. The van der Waals surface area contributed by atoms with Crippen LogP contribution in [-0.4, -0.2) is 66.1 Å². The number of carbonyl (C=O) groups is 2. The van der Waals surface area contributed by atoms with Gasteiger partial charge in [0.15, 0.2) is 11.6 Å². The van der Waals surface area contributed by atoms with Gasteiger partial charge in [-0.05, 0) is 30.3 Å². The molecule has 1 fully saturated rings. The third-order valence-electron chi connectivity index (χ3n) is 5.19. The second-order valence-electron chi connectivity index (χ2n) is 7.82. The number of nitrogens with one attached hydrogen (secondary N) is 2. The fourth-order valence-corrected chi connectivity index (χ4v) is 3.48. The Hall–Kier alpha value is -4.03. The first-order chi connectivity index (χ1) is 17.3. The Balaban J connectivity index is 1.48. The zero-order valence-corrected chi connectivity index (χ0v) is 18.9. The molecule has 2 heterocycles. The highest BCUT2D eigenvalue weighted by Crippen LogP contribution is 2.31. The van der Waals surface area contributed by atoms with Crippen molar-refractivity contribution in [2.75, 3.05) is 43.5 Å². The van der Waals surface area contributed by atoms with Crippen LogP contribution in [0.25, 0.3) is 11.3 Å². The van der Waals surface area contributed by atoms with Gasteiger partial charge in [-0.15, -0.1) is 23.4 Å². The number of carbonyl (C=O) groups excluding carboxylic acids is 2. The molecule has 0 bridgehead atoms. The molecular weight excluding hydrogens is 479 g/mol. The first-order valence-corrected chi connectivity index (χ1v) is 11.0. The zero-order chi connectivity index (χ0) is 25.5. The average molecular weight is 501 g/mol. The lowest BCUT2D eigenvalue weighted by atomic mass is 10.1. The molecule has 0 atom stereocenters. The number of hydrogen-bond donors (Lipinski definition) is 2. The Bertz CT molecular complexity index is 1200. The third kappa shape index (κ3) is 6.99. The van der Waals surface area contributed by atoms with Gasteiger partial charge in [-0.1, -0.05) is 30.3 Å². The molecule has 1 aliphatic rings. The summed E-state index contributed by atoms with van der Waals surface area (Å²) >= 11 is 0. The van der Waals surface area contributed by atoms with Crippen LogP contribution in [0.3, 0.4) is 0 Å². The van der Waals surface area contributed by atoms with Crippen LogP contribution in [0.2, 0.25) is 0 Å². The normalized spacial score (nSPS) is 14.2. The number of halogens is 3. The van der Waals surface area contributed by atoms with E-state index < -0.39 is 23.9 Å². The van der Waals surface area contributed by atoms with E-state index in [4.69, 9.17) is 4.74 Å². The quantitative estimate of drug-likeness (QED) is 0.510. The highest BCUT2D eigenvalue weighted by molar-refractivity contribution is 6.05. The molecule has 0 spiro atoms. The molecule has 36 heavy (non-hydrogen) atoms. The van der Waals surface area contributed by atoms with Crippen LogP contribution < -0.4 is 15.4 Å². The van der Waals surface area contributed by atoms with Gasteiger partial charge in [0.2, 0.25) is 5.91 Å². The van der Waals surface area contributed by atoms with Crippen molar-refractivity contribution in [1.29, 1.82) is 0 Å². The van der Waals surface area contributed by atoms with Crippen molar-refractivity contribution in [2.24, 2.45) is 0 Å². The molecule has 3 aromatic rings. The largest absolute Gasteiger partial charge is 0.573 e. The molecule has 0 unspecified atom stereocenters. The maximum atomic E-state index is 12.9. The maximum absolute atomic E-state index is 12.9. The number of morpholine rings is 1. The fourth-order valence-electron chi connectivity index (χ4n) is 3.48. The summed E-state index contributed by atoms with van der Waals surface area (Å²) in [5.41, 5.74) is 1.15. The van der Waals surface area contributed by atoms with Crippen molar-refractivity contribution >= 4 is 23.3 Å². The summed E-state index contributed by atoms with van der Waals surface area (Å²) in [6.45, 7) is 1.91. The molecule has 2 amide bonds. The number of anilines is 2. The molecule has 188 valence electrons. The standard InChI is InChI=1S/C24H22F3N5O4/c25-24(26,27)36-20-8-6-17(14-19(20)28-22(33)15-32-10-12-35-13-11-32)23(34)29-21-9-7-18(30-31-21)16-4-2-1-3-5-16/h1-9,14H,10-13,15H2,(H,28,33)(H,29,31,34). The van der Waals surface area contributed by atoms with Gasteiger partial charge >= 0.3 is 6.36 Å². The molecule has 2 aromatic carbocycles. The molecule has 0 radical (unpaired) electrons. The van der Waals surface area contributed by atoms with Gasteiger partial charge in [0.05, 0.1) is 31.1 Å². The van der Waals surface area contributed by atoms with Crippen molar-refractivity contribution in [1.82, 2.24) is 15.1 Å². The predicted octanol–water partition coefficient (Wildman–Crippen LogP) is 3.57. The minimum Gasteiger partial charge on any atom is -0.404 e. The van der Waals surface area contributed by atoms with E-state index in [-0.39, 0.29) is 23.6 Å². The molecule has 9 nitrogen and oxygen atoms in total. The van der Waals surface area contributed by atoms with Gasteiger partial charge in [-0.25, -0.2) is 0 Å². The Morgan fingerprint density at radius 2 is 1.72 bits per heavy atom. The summed E-state index contributed by atoms with van der Waals surface area (Å²) in [4.78, 5) is 27.0. The van der Waals surface area contributed by atoms with Gasteiger partial charge in [-0.2, -0.15) is 0 Å². The van der Waals surface area contributed by atoms with Crippen molar-refractivity contribution in [2.45, 2.75) is 6.36 Å².